The molecule has 1 saturated heterocycles. The summed E-state index contributed by atoms with van der Waals surface area (Å²) in [5.41, 5.74) is 0.917. The first-order chi connectivity index (χ1) is 11.2. The highest BCUT2D eigenvalue weighted by atomic mass is 35.5. The van der Waals surface area contributed by atoms with Crippen LogP contribution in [0.2, 0.25) is 0 Å². The molecule has 0 radical (unpaired) electrons. The highest BCUT2D eigenvalue weighted by Gasteiger charge is 2.26. The maximum absolute atomic E-state index is 12.6. The molecule has 1 aliphatic heterocycles. The number of halogens is 1. The molecule has 0 aliphatic carbocycles. The third-order valence-corrected chi connectivity index (χ3v) is 5.54. The minimum absolute atomic E-state index is 0. The normalized spacial score (nSPS) is 17.1. The van der Waals surface area contributed by atoms with E-state index in [2.05, 4.69) is 15.5 Å². The molecule has 1 aliphatic rings. The van der Waals surface area contributed by atoms with Crippen LogP contribution in [0.1, 0.15) is 26.2 Å². The predicted octanol–water partition coefficient (Wildman–Crippen LogP) is 3.48. The Labute approximate surface area is 156 Å². The van der Waals surface area contributed by atoms with Crippen LogP contribution in [0.4, 0.5) is 5.69 Å². The van der Waals surface area contributed by atoms with Crippen LogP contribution >= 0.6 is 24.2 Å². The Balaban J connectivity index is 0.00000288. The number of nitrogens with zero attached hydrogens (tertiary/aromatic N) is 1. The Morgan fingerprint density at radius 3 is 2.62 bits per heavy atom. The largest absolute Gasteiger partial charge is 0.324 e. The number of carbonyl (C=O) groups excluding carboxylic acids is 1. The summed E-state index contributed by atoms with van der Waals surface area (Å²) in [5, 5.41) is 6.32. The molecule has 0 aromatic heterocycles. The number of amides is 1. The zero-order chi connectivity index (χ0) is 16.7. The van der Waals surface area contributed by atoms with Gasteiger partial charge in [0.2, 0.25) is 5.91 Å². The van der Waals surface area contributed by atoms with Gasteiger partial charge < -0.3 is 10.6 Å². The minimum atomic E-state index is -0.0739. The fraction of sp³-hybridized carbons (Fsp3) is 0.611. The van der Waals surface area contributed by atoms with Gasteiger partial charge in [0.15, 0.2) is 0 Å². The number of anilines is 1. The predicted molar refractivity (Wildman–Crippen MR) is 106 cm³/mol. The maximum Gasteiger partial charge on any atom is 0.241 e. The SMILES string of the molecule is CNCCC1CCN(C(C)C(=O)Nc2ccccc2SC)CC1.Cl. The molecule has 1 aromatic rings. The van der Waals surface area contributed by atoms with E-state index in [0.717, 1.165) is 36.1 Å². The highest BCUT2D eigenvalue weighted by molar-refractivity contribution is 7.98. The van der Waals surface area contributed by atoms with Crippen molar-refractivity contribution in [2.45, 2.75) is 37.1 Å². The van der Waals surface area contributed by atoms with E-state index in [0.29, 0.717) is 0 Å². The third-order valence-electron chi connectivity index (χ3n) is 4.74. The lowest BCUT2D eigenvalue weighted by Crippen LogP contribution is -2.46. The molecule has 0 saturated carbocycles. The quantitative estimate of drug-likeness (QED) is 0.720. The molecular weight excluding hydrogens is 342 g/mol. The van der Waals surface area contributed by atoms with E-state index in [4.69, 9.17) is 0 Å². The van der Waals surface area contributed by atoms with Crippen molar-refractivity contribution in [1.82, 2.24) is 10.2 Å². The van der Waals surface area contributed by atoms with Crippen molar-refractivity contribution in [2.75, 3.05) is 38.3 Å². The molecule has 2 rings (SSSR count). The van der Waals surface area contributed by atoms with Crippen LogP contribution in [0.25, 0.3) is 0 Å². The van der Waals surface area contributed by atoms with E-state index in [1.54, 1.807) is 11.8 Å². The van der Waals surface area contributed by atoms with Crippen LogP contribution in [-0.2, 0) is 4.79 Å². The number of thioether (sulfide) groups is 1. The fourth-order valence-electron chi connectivity index (χ4n) is 3.13. The molecule has 1 fully saturated rings. The van der Waals surface area contributed by atoms with E-state index >= 15 is 0 Å². The second-order valence-corrected chi connectivity index (χ2v) is 7.09. The summed E-state index contributed by atoms with van der Waals surface area (Å²) in [6.45, 7) is 5.15. The van der Waals surface area contributed by atoms with Crippen LogP contribution in [0.15, 0.2) is 29.2 Å². The van der Waals surface area contributed by atoms with Gasteiger partial charge in [-0.25, -0.2) is 0 Å². The number of rotatable bonds is 7. The van der Waals surface area contributed by atoms with Crippen molar-refractivity contribution in [3.05, 3.63) is 24.3 Å². The molecule has 1 heterocycles. The molecule has 1 atom stereocenters. The molecule has 0 spiro atoms. The molecule has 4 nitrogen and oxygen atoms in total. The Kier molecular flexibility index (Phi) is 9.74. The van der Waals surface area contributed by atoms with E-state index in [9.17, 15) is 4.79 Å². The average Bonchev–Trinajstić information content (AvgIpc) is 2.60. The number of nitrogens with one attached hydrogen (secondary N) is 2. The van der Waals surface area contributed by atoms with Crippen LogP contribution in [-0.4, -0.2) is 49.8 Å². The van der Waals surface area contributed by atoms with Gasteiger partial charge in [0.1, 0.15) is 0 Å². The number of benzene rings is 1. The summed E-state index contributed by atoms with van der Waals surface area (Å²) in [6, 6.07) is 7.90. The molecule has 1 amide bonds. The first kappa shape index (κ1) is 21.3. The lowest BCUT2D eigenvalue weighted by Gasteiger charge is -2.35. The molecule has 1 unspecified atom stereocenters. The monoisotopic (exact) mass is 371 g/mol. The third kappa shape index (κ3) is 5.96. The molecule has 0 bridgehead atoms. The summed E-state index contributed by atoms with van der Waals surface area (Å²) in [6.07, 6.45) is 5.66. The van der Waals surface area contributed by atoms with Crippen molar-refractivity contribution >= 4 is 35.8 Å². The zero-order valence-corrected chi connectivity index (χ0v) is 16.5. The van der Waals surface area contributed by atoms with Crippen LogP contribution in [0.5, 0.6) is 0 Å². The van der Waals surface area contributed by atoms with E-state index in [1.165, 1.54) is 19.3 Å². The van der Waals surface area contributed by atoms with Crippen molar-refractivity contribution in [3.8, 4) is 0 Å². The van der Waals surface area contributed by atoms with Gasteiger partial charge in [0, 0.05) is 4.90 Å². The van der Waals surface area contributed by atoms with Crippen molar-refractivity contribution in [1.29, 1.82) is 0 Å². The fourth-order valence-corrected chi connectivity index (χ4v) is 3.68. The topological polar surface area (TPSA) is 44.4 Å². The smallest absolute Gasteiger partial charge is 0.241 e. The van der Waals surface area contributed by atoms with E-state index in [-0.39, 0.29) is 24.4 Å². The number of hydrogen-bond donors (Lipinski definition) is 2. The van der Waals surface area contributed by atoms with Gasteiger partial charge in [-0.15, -0.1) is 24.2 Å². The summed E-state index contributed by atoms with van der Waals surface area (Å²) >= 11 is 1.66. The Morgan fingerprint density at radius 2 is 2.00 bits per heavy atom. The Morgan fingerprint density at radius 1 is 1.33 bits per heavy atom. The molecule has 24 heavy (non-hydrogen) atoms. The van der Waals surface area contributed by atoms with Crippen LogP contribution < -0.4 is 10.6 Å². The van der Waals surface area contributed by atoms with Gasteiger partial charge in [-0.3, -0.25) is 9.69 Å². The van der Waals surface area contributed by atoms with Crippen molar-refractivity contribution in [2.24, 2.45) is 5.92 Å². The summed E-state index contributed by atoms with van der Waals surface area (Å²) in [7, 11) is 2.01. The van der Waals surface area contributed by atoms with Crippen molar-refractivity contribution < 1.29 is 4.79 Å². The first-order valence-corrected chi connectivity index (χ1v) is 9.70. The number of piperidine rings is 1. The average molecular weight is 372 g/mol. The molecule has 1 aromatic carbocycles. The first-order valence-electron chi connectivity index (χ1n) is 8.48. The maximum atomic E-state index is 12.6. The minimum Gasteiger partial charge on any atom is -0.324 e. The Hall–Kier alpha value is -0.750. The van der Waals surface area contributed by atoms with Gasteiger partial charge in [-0.05, 0) is 77.2 Å². The Bertz CT molecular complexity index is 507. The van der Waals surface area contributed by atoms with Crippen LogP contribution in [0, 0.1) is 5.92 Å². The number of para-hydroxylation sites is 1. The summed E-state index contributed by atoms with van der Waals surface area (Å²) in [5.74, 6) is 0.895. The van der Waals surface area contributed by atoms with Gasteiger partial charge in [0.25, 0.3) is 0 Å². The molecule has 2 N–H and O–H groups in total. The van der Waals surface area contributed by atoms with Crippen molar-refractivity contribution in [3.63, 3.8) is 0 Å². The van der Waals surface area contributed by atoms with Gasteiger partial charge in [-0.1, -0.05) is 12.1 Å². The molecular formula is C18H30ClN3OS. The van der Waals surface area contributed by atoms with Gasteiger partial charge in [-0.2, -0.15) is 0 Å². The standard InChI is InChI=1S/C18H29N3OS.ClH/c1-14(21-12-9-15(10-13-21)8-11-19-2)18(22)20-16-6-4-5-7-17(16)23-3;/h4-7,14-15,19H,8-13H2,1-3H3,(H,20,22);1H. The van der Waals surface area contributed by atoms with E-state index < -0.39 is 0 Å². The number of hydrogen-bond acceptors (Lipinski definition) is 4. The van der Waals surface area contributed by atoms with Crippen LogP contribution in [0.3, 0.4) is 0 Å². The van der Waals surface area contributed by atoms with Gasteiger partial charge in [0.05, 0.1) is 11.7 Å². The molecule has 136 valence electrons. The molecule has 6 heteroatoms. The van der Waals surface area contributed by atoms with E-state index in [1.807, 2.05) is 44.5 Å². The number of likely N-dealkylation sites (tertiary alicyclic amines) is 1. The summed E-state index contributed by atoms with van der Waals surface area (Å²) < 4.78 is 0. The summed E-state index contributed by atoms with van der Waals surface area (Å²) in [4.78, 5) is 16.0. The second-order valence-electron chi connectivity index (χ2n) is 6.24. The van der Waals surface area contributed by atoms with Gasteiger partial charge >= 0.3 is 0 Å². The zero-order valence-electron chi connectivity index (χ0n) is 14.9. The highest BCUT2D eigenvalue weighted by Crippen LogP contribution is 2.26. The number of carbonyl (C=O) groups is 1. The lowest BCUT2D eigenvalue weighted by molar-refractivity contribution is -0.121. The second kappa shape index (κ2) is 11.0. The lowest BCUT2D eigenvalue weighted by atomic mass is 9.93.